The van der Waals surface area contributed by atoms with Crippen LogP contribution < -0.4 is 15.8 Å². The van der Waals surface area contributed by atoms with Crippen molar-refractivity contribution in [1.29, 1.82) is 0 Å². The van der Waals surface area contributed by atoms with Crippen LogP contribution in [0.1, 0.15) is 19.3 Å². The van der Waals surface area contributed by atoms with Gasteiger partial charge in [0.25, 0.3) is 0 Å². The number of hydrogen-bond donors (Lipinski definition) is 2. The first-order valence-electron chi connectivity index (χ1n) is 6.97. The minimum absolute atomic E-state index is 0.0306. The van der Waals surface area contributed by atoms with Crippen molar-refractivity contribution in [3.8, 4) is 5.75 Å². The SMILES string of the molecule is COCCOc1cccc(NC(=O)C2CCC(N)C2)c1. The molecule has 0 spiro atoms. The van der Waals surface area contributed by atoms with Crippen LogP contribution in [0.4, 0.5) is 5.69 Å². The Morgan fingerprint density at radius 3 is 2.95 bits per heavy atom. The van der Waals surface area contributed by atoms with Crippen LogP contribution in [0.2, 0.25) is 0 Å². The lowest BCUT2D eigenvalue weighted by Crippen LogP contribution is -2.23. The number of anilines is 1. The lowest BCUT2D eigenvalue weighted by atomic mass is 10.1. The summed E-state index contributed by atoms with van der Waals surface area (Å²) in [6.45, 7) is 1.03. The molecule has 0 aromatic heterocycles. The normalized spacial score (nSPS) is 21.7. The molecule has 110 valence electrons. The molecule has 20 heavy (non-hydrogen) atoms. The highest BCUT2D eigenvalue weighted by atomic mass is 16.5. The van der Waals surface area contributed by atoms with Gasteiger partial charge in [-0.2, -0.15) is 0 Å². The molecule has 1 aromatic carbocycles. The van der Waals surface area contributed by atoms with E-state index < -0.39 is 0 Å². The molecule has 1 aliphatic rings. The molecular weight excluding hydrogens is 256 g/mol. The van der Waals surface area contributed by atoms with Gasteiger partial charge in [-0.1, -0.05) is 6.07 Å². The summed E-state index contributed by atoms with van der Waals surface area (Å²) in [6.07, 6.45) is 2.57. The number of methoxy groups -OCH3 is 1. The molecule has 1 amide bonds. The van der Waals surface area contributed by atoms with E-state index in [1.54, 1.807) is 7.11 Å². The van der Waals surface area contributed by atoms with Crippen molar-refractivity contribution >= 4 is 11.6 Å². The van der Waals surface area contributed by atoms with Gasteiger partial charge in [0.2, 0.25) is 5.91 Å². The average Bonchev–Trinajstić information content (AvgIpc) is 2.86. The molecule has 0 saturated heterocycles. The summed E-state index contributed by atoms with van der Waals surface area (Å²) in [5.41, 5.74) is 6.59. The number of benzene rings is 1. The minimum Gasteiger partial charge on any atom is -0.491 e. The Kier molecular flexibility index (Phi) is 5.38. The van der Waals surface area contributed by atoms with Crippen LogP contribution in [-0.4, -0.2) is 32.3 Å². The molecule has 2 unspecified atom stereocenters. The van der Waals surface area contributed by atoms with Gasteiger partial charge in [0.1, 0.15) is 12.4 Å². The van der Waals surface area contributed by atoms with Crippen molar-refractivity contribution in [2.45, 2.75) is 25.3 Å². The Bertz CT molecular complexity index is 450. The van der Waals surface area contributed by atoms with Gasteiger partial charge in [0.05, 0.1) is 6.61 Å². The molecular formula is C15H22N2O3. The predicted molar refractivity (Wildman–Crippen MR) is 77.8 cm³/mol. The second-order valence-corrected chi connectivity index (χ2v) is 5.13. The molecule has 0 heterocycles. The van der Waals surface area contributed by atoms with Gasteiger partial charge in [0.15, 0.2) is 0 Å². The molecule has 1 aliphatic carbocycles. The third-order valence-electron chi connectivity index (χ3n) is 3.50. The first-order valence-corrected chi connectivity index (χ1v) is 6.97. The van der Waals surface area contributed by atoms with Gasteiger partial charge >= 0.3 is 0 Å². The van der Waals surface area contributed by atoms with Crippen LogP contribution >= 0.6 is 0 Å². The Morgan fingerprint density at radius 1 is 1.40 bits per heavy atom. The number of rotatable bonds is 6. The minimum atomic E-state index is 0.0306. The van der Waals surface area contributed by atoms with Crippen LogP contribution in [-0.2, 0) is 9.53 Å². The van der Waals surface area contributed by atoms with E-state index in [1.807, 2.05) is 24.3 Å². The average molecular weight is 278 g/mol. The van der Waals surface area contributed by atoms with Gasteiger partial charge < -0.3 is 20.5 Å². The van der Waals surface area contributed by atoms with Gasteiger partial charge in [-0.25, -0.2) is 0 Å². The van der Waals surface area contributed by atoms with E-state index in [2.05, 4.69) is 5.32 Å². The molecule has 5 nitrogen and oxygen atoms in total. The molecule has 2 rings (SSSR count). The number of nitrogens with one attached hydrogen (secondary N) is 1. The summed E-state index contributed by atoms with van der Waals surface area (Å²) in [5.74, 6) is 0.804. The molecule has 0 radical (unpaired) electrons. The maximum absolute atomic E-state index is 12.1. The number of hydrogen-bond acceptors (Lipinski definition) is 4. The summed E-state index contributed by atoms with van der Waals surface area (Å²) >= 11 is 0. The zero-order valence-corrected chi connectivity index (χ0v) is 11.8. The van der Waals surface area contributed by atoms with Crippen molar-refractivity contribution in [3.05, 3.63) is 24.3 Å². The number of carbonyl (C=O) groups excluding carboxylic acids is 1. The highest BCUT2D eigenvalue weighted by Gasteiger charge is 2.27. The van der Waals surface area contributed by atoms with Crippen molar-refractivity contribution in [3.63, 3.8) is 0 Å². The summed E-state index contributed by atoms with van der Waals surface area (Å²) in [7, 11) is 1.63. The van der Waals surface area contributed by atoms with Crippen molar-refractivity contribution in [2.75, 3.05) is 25.6 Å². The van der Waals surface area contributed by atoms with Crippen molar-refractivity contribution < 1.29 is 14.3 Å². The molecule has 1 aromatic rings. The van der Waals surface area contributed by atoms with Crippen LogP contribution in [0.3, 0.4) is 0 Å². The topological polar surface area (TPSA) is 73.6 Å². The molecule has 5 heteroatoms. The molecule has 0 aliphatic heterocycles. The fraction of sp³-hybridized carbons (Fsp3) is 0.533. The highest BCUT2D eigenvalue weighted by molar-refractivity contribution is 5.92. The Balaban J connectivity index is 1.88. The number of nitrogens with two attached hydrogens (primary N) is 1. The maximum Gasteiger partial charge on any atom is 0.227 e. The van der Waals surface area contributed by atoms with Crippen molar-refractivity contribution in [2.24, 2.45) is 11.7 Å². The lowest BCUT2D eigenvalue weighted by Gasteiger charge is -2.12. The molecule has 2 atom stereocenters. The van der Waals surface area contributed by atoms with E-state index in [0.29, 0.717) is 13.2 Å². The van der Waals surface area contributed by atoms with E-state index in [1.165, 1.54) is 0 Å². The monoisotopic (exact) mass is 278 g/mol. The second kappa shape index (κ2) is 7.26. The fourth-order valence-electron chi connectivity index (χ4n) is 2.41. The lowest BCUT2D eigenvalue weighted by molar-refractivity contribution is -0.119. The van der Waals surface area contributed by atoms with E-state index >= 15 is 0 Å². The molecule has 0 bridgehead atoms. The third-order valence-corrected chi connectivity index (χ3v) is 3.50. The van der Waals surface area contributed by atoms with E-state index in [0.717, 1.165) is 30.7 Å². The summed E-state index contributed by atoms with van der Waals surface area (Å²) in [5, 5.41) is 2.93. The van der Waals surface area contributed by atoms with Crippen LogP contribution in [0.5, 0.6) is 5.75 Å². The first kappa shape index (κ1) is 14.8. The molecule has 1 fully saturated rings. The largest absolute Gasteiger partial charge is 0.491 e. The fourth-order valence-corrected chi connectivity index (χ4v) is 2.41. The summed E-state index contributed by atoms with van der Waals surface area (Å²) in [6, 6.07) is 7.56. The molecule has 3 N–H and O–H groups in total. The van der Waals surface area contributed by atoms with Crippen LogP contribution in [0, 0.1) is 5.92 Å². The summed E-state index contributed by atoms with van der Waals surface area (Å²) < 4.78 is 10.4. The highest BCUT2D eigenvalue weighted by Crippen LogP contribution is 2.26. The predicted octanol–water partition coefficient (Wildman–Crippen LogP) is 1.78. The maximum atomic E-state index is 12.1. The number of amides is 1. The summed E-state index contributed by atoms with van der Waals surface area (Å²) in [4.78, 5) is 12.1. The van der Waals surface area contributed by atoms with Crippen molar-refractivity contribution in [1.82, 2.24) is 0 Å². The van der Waals surface area contributed by atoms with E-state index in [-0.39, 0.29) is 17.9 Å². The van der Waals surface area contributed by atoms with Gasteiger partial charge in [-0.05, 0) is 31.4 Å². The number of ether oxygens (including phenoxy) is 2. The van der Waals surface area contributed by atoms with Crippen LogP contribution in [0.25, 0.3) is 0 Å². The Morgan fingerprint density at radius 2 is 2.25 bits per heavy atom. The smallest absolute Gasteiger partial charge is 0.227 e. The third kappa shape index (κ3) is 4.21. The zero-order valence-electron chi connectivity index (χ0n) is 11.8. The number of carbonyl (C=O) groups is 1. The Labute approximate surface area is 119 Å². The van der Waals surface area contributed by atoms with E-state index in [9.17, 15) is 4.79 Å². The van der Waals surface area contributed by atoms with Gasteiger partial charge in [0, 0.05) is 30.8 Å². The van der Waals surface area contributed by atoms with Crippen LogP contribution in [0.15, 0.2) is 24.3 Å². The van der Waals surface area contributed by atoms with Gasteiger partial charge in [-0.15, -0.1) is 0 Å². The standard InChI is InChI=1S/C15H22N2O3/c1-19-7-8-20-14-4-2-3-13(10-14)17-15(18)11-5-6-12(16)9-11/h2-4,10-12H,5-9,16H2,1H3,(H,17,18). The second-order valence-electron chi connectivity index (χ2n) is 5.13. The van der Waals surface area contributed by atoms with Gasteiger partial charge in [-0.3, -0.25) is 4.79 Å². The molecule has 1 saturated carbocycles. The van der Waals surface area contributed by atoms with E-state index in [4.69, 9.17) is 15.2 Å². The first-order chi connectivity index (χ1) is 9.69. The Hall–Kier alpha value is -1.59. The quantitative estimate of drug-likeness (QED) is 0.778. The zero-order chi connectivity index (χ0) is 14.4.